The molecule has 0 saturated heterocycles. The van der Waals surface area contributed by atoms with Gasteiger partial charge >= 0.3 is 0 Å². The first kappa shape index (κ1) is 46.5. The number of carbonyl (C=O) groups is 5. The predicted molar refractivity (Wildman–Crippen MR) is 179 cm³/mol. The molecule has 0 fully saturated rings. The van der Waals surface area contributed by atoms with Gasteiger partial charge in [-0.3, -0.25) is 19.3 Å². The lowest BCUT2D eigenvalue weighted by atomic mass is 9.73. The zero-order valence-electron chi connectivity index (χ0n) is 30.7. The normalized spacial score (nSPS) is 13.4. The summed E-state index contributed by atoms with van der Waals surface area (Å²) in [5.74, 6) is -7.18. The first-order valence-corrected chi connectivity index (χ1v) is 18.4. The molecule has 19 nitrogen and oxygen atoms in total. The molecule has 2 aromatic carbocycles. The Morgan fingerprint density at radius 2 is 1.07 bits per heavy atom. The summed E-state index contributed by atoms with van der Waals surface area (Å²) in [5.41, 5.74) is 1.42. The molecule has 0 saturated carbocycles. The highest BCUT2D eigenvalue weighted by Gasteiger charge is 2.29. The lowest BCUT2D eigenvalue weighted by Gasteiger charge is -2.37. The highest BCUT2D eigenvalue weighted by atomic mass is 31.2. The molecule has 2 rings (SSSR count). The summed E-state index contributed by atoms with van der Waals surface area (Å²) >= 11 is 0. The zero-order valence-corrected chi connectivity index (χ0v) is 31.6. The van der Waals surface area contributed by atoms with Crippen molar-refractivity contribution in [1.82, 2.24) is 14.7 Å². The van der Waals surface area contributed by atoms with Gasteiger partial charge < -0.3 is 72.9 Å². The fourth-order valence-electron chi connectivity index (χ4n) is 5.84. The second kappa shape index (κ2) is 22.7. The maximum Gasteiger partial charge on any atom is 0.267 e. The van der Waals surface area contributed by atoms with Gasteiger partial charge in [-0.05, 0) is 54.7 Å². The fourth-order valence-corrected chi connectivity index (χ4v) is 6.62. The summed E-state index contributed by atoms with van der Waals surface area (Å²) < 4.78 is 33.5. The highest BCUT2D eigenvalue weighted by molar-refractivity contribution is 7.45. The van der Waals surface area contributed by atoms with E-state index in [4.69, 9.17) is 18.5 Å². The summed E-state index contributed by atoms with van der Waals surface area (Å²) in [7, 11) is -2.02. The van der Waals surface area contributed by atoms with E-state index in [-0.39, 0.29) is 13.0 Å². The topological polar surface area (TPSA) is 287 Å². The number of nitrogens with zero attached hydrogens (tertiary/aromatic N) is 3. The van der Waals surface area contributed by atoms with Crippen LogP contribution >= 0.6 is 7.82 Å². The quantitative estimate of drug-likeness (QED) is 0.0549. The van der Waals surface area contributed by atoms with Crippen molar-refractivity contribution in [2.24, 2.45) is 0 Å². The van der Waals surface area contributed by atoms with Crippen LogP contribution in [0.2, 0.25) is 0 Å². The van der Waals surface area contributed by atoms with Gasteiger partial charge in [-0.25, -0.2) is 0 Å². The van der Waals surface area contributed by atoms with E-state index in [1.54, 1.807) is 14.2 Å². The number of hydrogen-bond acceptors (Lipinski definition) is 19. The second-order valence-electron chi connectivity index (χ2n) is 12.7. The molecule has 2 unspecified atom stereocenters. The highest BCUT2D eigenvalue weighted by Crippen LogP contribution is 2.41. The lowest BCUT2D eigenvalue weighted by Crippen LogP contribution is -2.55. The molecule has 0 aromatic heterocycles. The third-order valence-electron chi connectivity index (χ3n) is 8.64. The molecule has 20 heteroatoms. The molecule has 0 bridgehead atoms. The Labute approximate surface area is 318 Å². The van der Waals surface area contributed by atoms with E-state index in [0.29, 0.717) is 29.2 Å². The van der Waals surface area contributed by atoms with E-state index >= 15 is 0 Å². The molecule has 0 radical (unpaired) electrons. The zero-order chi connectivity index (χ0) is 41.2. The van der Waals surface area contributed by atoms with Crippen molar-refractivity contribution < 1.29 is 77.5 Å². The first-order chi connectivity index (χ1) is 25.9. The van der Waals surface area contributed by atoms with Gasteiger partial charge in [-0.2, -0.15) is 0 Å². The van der Waals surface area contributed by atoms with Gasteiger partial charge in [0, 0.05) is 63.8 Å². The molecule has 306 valence electrons. The maximum atomic E-state index is 12.8. The molecule has 2 atom stereocenters. The number of ether oxygens (including phenoxy) is 2. The summed E-state index contributed by atoms with van der Waals surface area (Å²) in [4.78, 5) is 72.0. The van der Waals surface area contributed by atoms with Gasteiger partial charge in [0.2, 0.25) is 0 Å². The van der Waals surface area contributed by atoms with Gasteiger partial charge in [0.05, 0.1) is 57.3 Å². The fraction of sp³-hybridized carbons (Fsp3) is 0.514. The Kier molecular flexibility index (Phi) is 19.2. The van der Waals surface area contributed by atoms with Gasteiger partial charge in [0.25, 0.3) is 7.82 Å². The van der Waals surface area contributed by atoms with Crippen molar-refractivity contribution in [2.75, 3.05) is 79.8 Å². The Hall–Kier alpha value is -4.62. The summed E-state index contributed by atoms with van der Waals surface area (Å²) in [6.07, 6.45) is 1.28. The first-order valence-electron chi connectivity index (χ1n) is 16.9. The predicted octanol–water partition coefficient (Wildman–Crippen LogP) is -5.29. The van der Waals surface area contributed by atoms with E-state index in [9.17, 15) is 59.0 Å². The van der Waals surface area contributed by atoms with Crippen LogP contribution in [-0.2, 0) is 43.0 Å². The van der Waals surface area contributed by atoms with Crippen LogP contribution in [0.3, 0.4) is 0 Å². The number of phosphoric acid groups is 1. The molecule has 0 heterocycles. The number of carboxylic acids is 5. The molecule has 0 aliphatic heterocycles. The molecular weight excluding hydrogens is 749 g/mol. The van der Waals surface area contributed by atoms with Crippen LogP contribution in [0.15, 0.2) is 48.5 Å². The van der Waals surface area contributed by atoms with Crippen LogP contribution in [0.1, 0.15) is 37.3 Å². The van der Waals surface area contributed by atoms with Gasteiger partial charge in [-0.15, -0.1) is 0 Å². The number of hydrogen-bond donors (Lipinski definition) is 0. The average Bonchev–Trinajstić information content (AvgIpc) is 3.10. The number of carbonyl (C=O) groups excluding carboxylic acids is 5. The van der Waals surface area contributed by atoms with E-state index in [2.05, 4.69) is 0 Å². The van der Waals surface area contributed by atoms with Crippen LogP contribution in [0, 0.1) is 0 Å². The largest absolute Gasteiger partial charge is 0.756 e. The minimum Gasteiger partial charge on any atom is -0.756 e. The van der Waals surface area contributed by atoms with Crippen molar-refractivity contribution in [2.45, 2.75) is 37.6 Å². The minimum absolute atomic E-state index is 0.246. The molecule has 0 N–H and O–H groups in total. The smallest absolute Gasteiger partial charge is 0.267 e. The Morgan fingerprint density at radius 1 is 0.655 bits per heavy atom. The third kappa shape index (κ3) is 17.2. The number of aliphatic carboxylic acids is 5. The molecule has 55 heavy (non-hydrogen) atoms. The van der Waals surface area contributed by atoms with Gasteiger partial charge in [-0.1, -0.05) is 31.2 Å². The average molecular weight is 794 g/mol. The molecule has 0 aliphatic rings. The van der Waals surface area contributed by atoms with Crippen LogP contribution < -0.4 is 39.9 Å². The van der Waals surface area contributed by atoms with Crippen LogP contribution in [0.5, 0.6) is 11.5 Å². The van der Waals surface area contributed by atoms with Gasteiger partial charge in [0.1, 0.15) is 11.5 Å². The number of carboxylic acid groups (broad SMARTS) is 5. The van der Waals surface area contributed by atoms with Crippen molar-refractivity contribution in [3.8, 4) is 11.5 Å². The number of methoxy groups -OCH3 is 2. The summed E-state index contributed by atoms with van der Waals surface area (Å²) in [6.45, 7) is -5.40. The van der Waals surface area contributed by atoms with Crippen LogP contribution in [0.4, 0.5) is 0 Å². The molecule has 0 amide bonds. The maximum absolute atomic E-state index is 12.8. The Bertz CT molecular complexity index is 1530. The van der Waals surface area contributed by atoms with E-state index in [1.807, 2.05) is 55.5 Å². The van der Waals surface area contributed by atoms with Gasteiger partial charge in [0.15, 0.2) is 0 Å². The minimum atomic E-state index is -5.13. The van der Waals surface area contributed by atoms with E-state index < -0.39 is 108 Å². The Morgan fingerprint density at radius 3 is 1.49 bits per heavy atom. The molecule has 0 spiro atoms. The summed E-state index contributed by atoms with van der Waals surface area (Å²) in [6, 6.07) is 13.6. The lowest BCUT2D eigenvalue weighted by molar-refractivity contribution is -0.313. The number of rotatable bonds is 29. The van der Waals surface area contributed by atoms with Crippen molar-refractivity contribution in [1.29, 1.82) is 0 Å². The molecule has 0 aliphatic carbocycles. The van der Waals surface area contributed by atoms with Crippen molar-refractivity contribution >= 4 is 37.7 Å². The van der Waals surface area contributed by atoms with Crippen molar-refractivity contribution in [3.63, 3.8) is 0 Å². The monoisotopic (exact) mass is 793 g/mol. The Balaban J connectivity index is 2.18. The van der Waals surface area contributed by atoms with E-state index in [0.717, 1.165) is 20.9 Å². The van der Waals surface area contributed by atoms with Crippen molar-refractivity contribution in [3.05, 3.63) is 59.7 Å². The van der Waals surface area contributed by atoms with Crippen LogP contribution in [0.25, 0.3) is 0 Å². The van der Waals surface area contributed by atoms with E-state index in [1.165, 1.54) is 0 Å². The SMILES string of the molecule is COc1ccc(C(C)(CCCCOP(=O)([O-])OCC(CN(CCN(CC(=O)[O-])CC(=O)[O-])CC(=O)[O-])N(CC(=O)[O-])CC(=O)[O-])c2ccc(OC)cc2)cc1. The number of phosphoric ester groups is 1. The second-order valence-corrected chi connectivity index (χ2v) is 14.1. The number of benzene rings is 2. The van der Waals surface area contributed by atoms with Crippen LogP contribution in [-0.4, -0.2) is 130 Å². The number of unbranched alkanes of at least 4 members (excludes halogenated alkanes) is 1. The standard InChI is InChI=1S/C35H50N3O16P/c1-35(25-6-10-28(51-2)11-7-25,26-8-12-29(52-3)13-9-26)14-4-5-17-53-55(49,50)54-24-27(38(22-33(45)46)23-34(47)48)18-36(19-30(39)40)15-16-37(20-31(41)42)21-32(43)44/h6-13,27H,4-5,14-24H2,1-3H3,(H,39,40)(H,41,42)(H,43,44)(H,45,46)(H,47,48)(H,49,50)/p-6. The third-order valence-corrected chi connectivity index (χ3v) is 9.60. The molecular formula is C35H44N3O16P-6. The molecule has 2 aromatic rings. The summed E-state index contributed by atoms with van der Waals surface area (Å²) in [5, 5.41) is 56.6.